The summed E-state index contributed by atoms with van der Waals surface area (Å²) in [7, 11) is 0. The fraction of sp³-hybridized carbons (Fsp3) is 0.500. The van der Waals surface area contributed by atoms with Crippen LogP contribution in [0.25, 0.3) is 6.08 Å². The first kappa shape index (κ1) is 12.4. The minimum atomic E-state index is 0.760. The lowest BCUT2D eigenvalue weighted by molar-refractivity contribution is 0.438. The second-order valence-corrected chi connectivity index (χ2v) is 5.18. The van der Waals surface area contributed by atoms with Crippen LogP contribution in [0.15, 0.2) is 18.2 Å². The molecule has 1 nitrogen and oxygen atoms in total. The maximum absolute atomic E-state index is 3.41. The Morgan fingerprint density at radius 3 is 2.41 bits per heavy atom. The van der Waals surface area contributed by atoms with E-state index >= 15 is 0 Å². The zero-order valence-electron chi connectivity index (χ0n) is 11.2. The number of aryl methyl sites for hydroxylation is 2. The molecule has 2 rings (SSSR count). The number of nitrogens with one attached hydrogen (secondary N) is 1. The Morgan fingerprint density at radius 2 is 1.71 bits per heavy atom. The van der Waals surface area contributed by atoms with Gasteiger partial charge in [0.15, 0.2) is 0 Å². The molecule has 1 saturated heterocycles. The number of hydrogen-bond donors (Lipinski definition) is 1. The third kappa shape index (κ3) is 2.98. The van der Waals surface area contributed by atoms with E-state index in [1.165, 1.54) is 48.2 Å². The van der Waals surface area contributed by atoms with Crippen LogP contribution in [0.2, 0.25) is 0 Å². The maximum Gasteiger partial charge on any atom is -0.00433 e. The molecule has 1 N–H and O–H groups in total. The number of allylic oxidation sites excluding steroid dienone is 1. The Morgan fingerprint density at radius 1 is 1.06 bits per heavy atom. The SMILES string of the molecule is Cc1ccc(C)c(C=CC2CCNCC2)c1C. The maximum atomic E-state index is 3.41. The molecule has 0 saturated carbocycles. The molecule has 0 unspecified atom stereocenters. The summed E-state index contributed by atoms with van der Waals surface area (Å²) in [6, 6.07) is 4.44. The smallest absolute Gasteiger partial charge is 0.00433 e. The fourth-order valence-corrected chi connectivity index (χ4v) is 2.50. The molecule has 0 radical (unpaired) electrons. The highest BCUT2D eigenvalue weighted by Gasteiger charge is 2.09. The Bertz CT molecular complexity index is 412. The molecule has 1 heteroatoms. The Balaban J connectivity index is 2.17. The van der Waals surface area contributed by atoms with Crippen LogP contribution in [0.1, 0.15) is 35.1 Å². The summed E-state index contributed by atoms with van der Waals surface area (Å²) in [4.78, 5) is 0. The lowest BCUT2D eigenvalue weighted by Gasteiger charge is -2.19. The van der Waals surface area contributed by atoms with Crippen molar-refractivity contribution in [1.29, 1.82) is 0 Å². The molecule has 1 fully saturated rings. The molecule has 1 aromatic carbocycles. The van der Waals surface area contributed by atoms with Crippen LogP contribution in [0.3, 0.4) is 0 Å². The van der Waals surface area contributed by atoms with Crippen molar-refractivity contribution in [2.45, 2.75) is 33.6 Å². The van der Waals surface area contributed by atoms with Crippen molar-refractivity contribution in [2.75, 3.05) is 13.1 Å². The molecule has 0 aromatic heterocycles. The molecule has 0 atom stereocenters. The fourth-order valence-electron chi connectivity index (χ4n) is 2.50. The summed E-state index contributed by atoms with van der Waals surface area (Å²) < 4.78 is 0. The number of hydrogen-bond acceptors (Lipinski definition) is 1. The van der Waals surface area contributed by atoms with E-state index in [2.05, 4.69) is 50.4 Å². The van der Waals surface area contributed by atoms with Gasteiger partial charge in [0.25, 0.3) is 0 Å². The summed E-state index contributed by atoms with van der Waals surface area (Å²) in [5, 5.41) is 3.41. The standard InChI is InChI=1S/C16H23N/c1-12-4-5-13(2)16(14(12)3)7-6-15-8-10-17-11-9-15/h4-7,15,17H,8-11H2,1-3H3. The molecule has 1 aliphatic heterocycles. The van der Waals surface area contributed by atoms with E-state index in [-0.39, 0.29) is 0 Å². The molecule has 0 amide bonds. The summed E-state index contributed by atoms with van der Waals surface area (Å²) in [6.07, 6.45) is 7.31. The van der Waals surface area contributed by atoms with E-state index in [4.69, 9.17) is 0 Å². The summed E-state index contributed by atoms with van der Waals surface area (Å²) in [5.74, 6) is 0.760. The van der Waals surface area contributed by atoms with Crippen molar-refractivity contribution in [3.05, 3.63) is 40.5 Å². The van der Waals surface area contributed by atoms with Gasteiger partial charge in [-0.3, -0.25) is 0 Å². The van der Waals surface area contributed by atoms with Crippen molar-refractivity contribution >= 4 is 6.08 Å². The van der Waals surface area contributed by atoms with E-state index < -0.39 is 0 Å². The van der Waals surface area contributed by atoms with Crippen LogP contribution in [0.5, 0.6) is 0 Å². The molecule has 1 aliphatic rings. The van der Waals surface area contributed by atoms with Crippen molar-refractivity contribution in [3.63, 3.8) is 0 Å². The van der Waals surface area contributed by atoms with Crippen molar-refractivity contribution in [1.82, 2.24) is 5.32 Å². The zero-order valence-corrected chi connectivity index (χ0v) is 11.2. The first-order valence-electron chi connectivity index (χ1n) is 6.64. The monoisotopic (exact) mass is 229 g/mol. The third-order valence-corrected chi connectivity index (χ3v) is 3.92. The third-order valence-electron chi connectivity index (χ3n) is 3.92. The van der Waals surface area contributed by atoms with Crippen molar-refractivity contribution in [2.24, 2.45) is 5.92 Å². The predicted molar refractivity (Wildman–Crippen MR) is 75.3 cm³/mol. The average Bonchev–Trinajstić information content (AvgIpc) is 2.35. The van der Waals surface area contributed by atoms with Gasteiger partial charge in [-0.25, -0.2) is 0 Å². The summed E-state index contributed by atoms with van der Waals surface area (Å²) >= 11 is 0. The lowest BCUT2D eigenvalue weighted by atomic mass is 9.93. The van der Waals surface area contributed by atoms with Crippen molar-refractivity contribution < 1.29 is 0 Å². The molecule has 0 aliphatic carbocycles. The molecule has 1 heterocycles. The Kier molecular flexibility index (Phi) is 4.01. The van der Waals surface area contributed by atoms with Crippen LogP contribution < -0.4 is 5.32 Å². The van der Waals surface area contributed by atoms with Gasteiger partial charge in [0.2, 0.25) is 0 Å². The van der Waals surface area contributed by atoms with Crippen LogP contribution in [0.4, 0.5) is 0 Å². The quantitative estimate of drug-likeness (QED) is 0.816. The van der Waals surface area contributed by atoms with Gasteiger partial charge in [-0.05, 0) is 74.9 Å². The van der Waals surface area contributed by atoms with Gasteiger partial charge >= 0.3 is 0 Å². The van der Waals surface area contributed by atoms with Crippen LogP contribution >= 0.6 is 0 Å². The van der Waals surface area contributed by atoms with E-state index in [9.17, 15) is 0 Å². The number of benzene rings is 1. The summed E-state index contributed by atoms with van der Waals surface area (Å²) in [5.41, 5.74) is 5.62. The molecule has 1 aromatic rings. The number of rotatable bonds is 2. The average molecular weight is 229 g/mol. The van der Waals surface area contributed by atoms with Gasteiger partial charge in [-0.2, -0.15) is 0 Å². The van der Waals surface area contributed by atoms with Gasteiger partial charge in [-0.15, -0.1) is 0 Å². The van der Waals surface area contributed by atoms with Crippen LogP contribution in [-0.4, -0.2) is 13.1 Å². The highest BCUT2D eigenvalue weighted by atomic mass is 14.9. The van der Waals surface area contributed by atoms with Gasteiger partial charge in [0, 0.05) is 0 Å². The highest BCUT2D eigenvalue weighted by Crippen LogP contribution is 2.21. The summed E-state index contributed by atoms with van der Waals surface area (Å²) in [6.45, 7) is 8.96. The molecule has 92 valence electrons. The van der Waals surface area contributed by atoms with E-state index in [1.54, 1.807) is 0 Å². The Labute approximate surface area is 105 Å². The van der Waals surface area contributed by atoms with E-state index in [1.807, 2.05) is 0 Å². The van der Waals surface area contributed by atoms with E-state index in [0.29, 0.717) is 0 Å². The lowest BCUT2D eigenvalue weighted by Crippen LogP contribution is -2.26. The van der Waals surface area contributed by atoms with Gasteiger partial charge in [-0.1, -0.05) is 24.3 Å². The van der Waals surface area contributed by atoms with Gasteiger partial charge in [0.1, 0.15) is 0 Å². The van der Waals surface area contributed by atoms with Crippen LogP contribution in [-0.2, 0) is 0 Å². The molecule has 0 bridgehead atoms. The van der Waals surface area contributed by atoms with E-state index in [0.717, 1.165) is 5.92 Å². The Hall–Kier alpha value is -1.08. The van der Waals surface area contributed by atoms with Gasteiger partial charge in [0.05, 0.1) is 0 Å². The zero-order chi connectivity index (χ0) is 12.3. The molecular formula is C16H23N. The van der Waals surface area contributed by atoms with Crippen LogP contribution in [0, 0.1) is 26.7 Å². The van der Waals surface area contributed by atoms with Crippen molar-refractivity contribution in [3.8, 4) is 0 Å². The number of piperidine rings is 1. The second kappa shape index (κ2) is 5.50. The normalized spacial score (nSPS) is 17.8. The molecule has 0 spiro atoms. The topological polar surface area (TPSA) is 12.0 Å². The second-order valence-electron chi connectivity index (χ2n) is 5.18. The molecule has 17 heavy (non-hydrogen) atoms. The predicted octanol–water partition coefficient (Wildman–Crippen LogP) is 3.62. The first-order chi connectivity index (χ1) is 8.18. The largest absolute Gasteiger partial charge is 0.317 e. The first-order valence-corrected chi connectivity index (χ1v) is 6.64. The molecular weight excluding hydrogens is 206 g/mol. The minimum Gasteiger partial charge on any atom is -0.317 e. The minimum absolute atomic E-state index is 0.760. The highest BCUT2D eigenvalue weighted by molar-refractivity contribution is 5.59. The van der Waals surface area contributed by atoms with Gasteiger partial charge < -0.3 is 5.32 Å².